The molecule has 2 atom stereocenters. The van der Waals surface area contributed by atoms with E-state index in [9.17, 15) is 5.11 Å². The van der Waals surface area contributed by atoms with E-state index >= 15 is 0 Å². The van der Waals surface area contributed by atoms with Gasteiger partial charge in [-0.1, -0.05) is 12.8 Å². The van der Waals surface area contributed by atoms with Crippen molar-refractivity contribution in [1.82, 2.24) is 4.98 Å². The van der Waals surface area contributed by atoms with Gasteiger partial charge in [0.2, 0.25) is 0 Å². The molecule has 0 bridgehead atoms. The fourth-order valence-electron chi connectivity index (χ4n) is 2.66. The lowest BCUT2D eigenvalue weighted by molar-refractivity contribution is 0.141. The highest BCUT2D eigenvalue weighted by Gasteiger charge is 2.24. The average molecular weight is 234 g/mol. The molecule has 2 N–H and O–H groups in total. The molecule has 0 aromatic carbocycles. The van der Waals surface area contributed by atoms with Crippen molar-refractivity contribution in [1.29, 1.82) is 0 Å². The van der Waals surface area contributed by atoms with E-state index in [4.69, 9.17) is 0 Å². The molecule has 0 amide bonds. The van der Waals surface area contributed by atoms with Crippen molar-refractivity contribution in [2.24, 2.45) is 11.8 Å². The number of aromatic nitrogens is 1. The molecule has 1 saturated carbocycles. The maximum Gasteiger partial charge on any atom is 0.126 e. The summed E-state index contributed by atoms with van der Waals surface area (Å²) in [7, 11) is 0. The Morgan fingerprint density at radius 3 is 2.82 bits per heavy atom. The van der Waals surface area contributed by atoms with Crippen LogP contribution in [0.5, 0.6) is 0 Å². The molecular formula is C14H22N2O. The molecule has 2 unspecified atom stereocenters. The highest BCUT2D eigenvalue weighted by atomic mass is 16.3. The van der Waals surface area contributed by atoms with Crippen molar-refractivity contribution in [3.05, 3.63) is 23.9 Å². The molecule has 17 heavy (non-hydrogen) atoms. The lowest BCUT2D eigenvalue weighted by atomic mass is 9.79. The van der Waals surface area contributed by atoms with Crippen molar-refractivity contribution in [3.63, 3.8) is 0 Å². The summed E-state index contributed by atoms with van der Waals surface area (Å²) in [4.78, 5) is 4.30. The third-order valence-electron chi connectivity index (χ3n) is 3.76. The molecule has 0 saturated heterocycles. The summed E-state index contributed by atoms with van der Waals surface area (Å²) >= 11 is 0. The maximum absolute atomic E-state index is 9.36. The van der Waals surface area contributed by atoms with E-state index in [1.165, 1.54) is 31.2 Å². The van der Waals surface area contributed by atoms with Crippen LogP contribution in [0.1, 0.15) is 31.2 Å². The quantitative estimate of drug-likeness (QED) is 0.841. The van der Waals surface area contributed by atoms with E-state index in [2.05, 4.69) is 23.3 Å². The normalized spacial score (nSPS) is 24.6. The van der Waals surface area contributed by atoms with Gasteiger partial charge < -0.3 is 10.4 Å². The number of hydrogen-bond acceptors (Lipinski definition) is 3. The van der Waals surface area contributed by atoms with Crippen LogP contribution in [-0.2, 0) is 0 Å². The van der Waals surface area contributed by atoms with Crippen LogP contribution in [0.3, 0.4) is 0 Å². The zero-order chi connectivity index (χ0) is 12.1. The first kappa shape index (κ1) is 12.4. The SMILES string of the molecule is Cc1ccnc(NCC2CCCCC2CO)c1. The zero-order valence-electron chi connectivity index (χ0n) is 10.5. The summed E-state index contributed by atoms with van der Waals surface area (Å²) in [5, 5.41) is 12.8. The molecule has 2 rings (SSSR count). The zero-order valence-corrected chi connectivity index (χ0v) is 10.5. The number of nitrogens with one attached hydrogen (secondary N) is 1. The van der Waals surface area contributed by atoms with Crippen LogP contribution in [0.15, 0.2) is 18.3 Å². The Labute approximate surface area is 103 Å². The molecule has 3 nitrogen and oxygen atoms in total. The number of rotatable bonds is 4. The molecule has 0 aliphatic heterocycles. The van der Waals surface area contributed by atoms with Gasteiger partial charge in [0.15, 0.2) is 0 Å². The second-order valence-electron chi connectivity index (χ2n) is 5.09. The summed E-state index contributed by atoms with van der Waals surface area (Å²) < 4.78 is 0. The largest absolute Gasteiger partial charge is 0.396 e. The van der Waals surface area contributed by atoms with Crippen molar-refractivity contribution in [2.75, 3.05) is 18.5 Å². The molecule has 0 spiro atoms. The van der Waals surface area contributed by atoms with E-state index in [0.717, 1.165) is 12.4 Å². The summed E-state index contributed by atoms with van der Waals surface area (Å²) in [6.07, 6.45) is 6.80. The first-order valence-electron chi connectivity index (χ1n) is 6.57. The van der Waals surface area contributed by atoms with E-state index in [-0.39, 0.29) is 0 Å². The highest BCUT2D eigenvalue weighted by molar-refractivity contribution is 5.36. The predicted molar refractivity (Wildman–Crippen MR) is 70.0 cm³/mol. The molecule has 3 heteroatoms. The maximum atomic E-state index is 9.36. The Hall–Kier alpha value is -1.09. The number of aliphatic hydroxyl groups is 1. The first-order valence-corrected chi connectivity index (χ1v) is 6.57. The van der Waals surface area contributed by atoms with Crippen LogP contribution in [0.4, 0.5) is 5.82 Å². The fraction of sp³-hybridized carbons (Fsp3) is 0.643. The van der Waals surface area contributed by atoms with Gasteiger partial charge in [-0.15, -0.1) is 0 Å². The number of hydrogen-bond donors (Lipinski definition) is 2. The van der Waals surface area contributed by atoms with E-state index in [1.807, 2.05) is 12.3 Å². The van der Waals surface area contributed by atoms with Crippen molar-refractivity contribution < 1.29 is 5.11 Å². The monoisotopic (exact) mass is 234 g/mol. The molecule has 1 aromatic rings. The van der Waals surface area contributed by atoms with Gasteiger partial charge in [-0.2, -0.15) is 0 Å². The minimum Gasteiger partial charge on any atom is -0.396 e. The van der Waals surface area contributed by atoms with Crippen LogP contribution in [0, 0.1) is 18.8 Å². The van der Waals surface area contributed by atoms with Crippen molar-refractivity contribution in [2.45, 2.75) is 32.6 Å². The molecule has 1 heterocycles. The second-order valence-corrected chi connectivity index (χ2v) is 5.09. The number of aliphatic hydroxyl groups excluding tert-OH is 1. The van der Waals surface area contributed by atoms with Gasteiger partial charge in [0.25, 0.3) is 0 Å². The Balaban J connectivity index is 1.88. The van der Waals surface area contributed by atoms with Gasteiger partial charge in [-0.3, -0.25) is 0 Å². The summed E-state index contributed by atoms with van der Waals surface area (Å²) in [6.45, 7) is 3.33. The number of anilines is 1. The van der Waals surface area contributed by atoms with Crippen molar-refractivity contribution in [3.8, 4) is 0 Å². The minimum absolute atomic E-state index is 0.327. The topological polar surface area (TPSA) is 45.2 Å². The molecule has 0 radical (unpaired) electrons. The lowest BCUT2D eigenvalue weighted by Gasteiger charge is -2.30. The Morgan fingerprint density at radius 2 is 2.12 bits per heavy atom. The first-order chi connectivity index (χ1) is 8.29. The minimum atomic E-state index is 0.327. The van der Waals surface area contributed by atoms with Gasteiger partial charge in [-0.05, 0) is 49.3 Å². The summed E-state index contributed by atoms with van der Waals surface area (Å²) in [5.41, 5.74) is 1.23. The van der Waals surface area contributed by atoms with E-state index in [1.54, 1.807) is 0 Å². The number of aryl methyl sites for hydroxylation is 1. The van der Waals surface area contributed by atoms with Crippen LogP contribution >= 0.6 is 0 Å². The molecule has 1 fully saturated rings. The third kappa shape index (κ3) is 3.43. The van der Waals surface area contributed by atoms with Crippen LogP contribution in [0.25, 0.3) is 0 Å². The number of nitrogens with zero attached hydrogens (tertiary/aromatic N) is 1. The van der Waals surface area contributed by atoms with Crippen molar-refractivity contribution >= 4 is 5.82 Å². The molecular weight excluding hydrogens is 212 g/mol. The lowest BCUT2D eigenvalue weighted by Crippen LogP contribution is -2.28. The molecule has 1 aromatic heterocycles. The van der Waals surface area contributed by atoms with Gasteiger partial charge in [0, 0.05) is 19.3 Å². The van der Waals surface area contributed by atoms with Crippen LogP contribution in [0.2, 0.25) is 0 Å². The van der Waals surface area contributed by atoms with E-state index < -0.39 is 0 Å². The van der Waals surface area contributed by atoms with Crippen LogP contribution < -0.4 is 5.32 Å². The Bertz CT molecular complexity index is 354. The van der Waals surface area contributed by atoms with Crippen LogP contribution in [-0.4, -0.2) is 23.2 Å². The molecule has 94 valence electrons. The number of pyridine rings is 1. The fourth-order valence-corrected chi connectivity index (χ4v) is 2.66. The van der Waals surface area contributed by atoms with Gasteiger partial charge in [-0.25, -0.2) is 4.98 Å². The second kappa shape index (κ2) is 6.01. The smallest absolute Gasteiger partial charge is 0.126 e. The summed E-state index contributed by atoms with van der Waals surface area (Å²) in [5.74, 6) is 2.02. The van der Waals surface area contributed by atoms with Gasteiger partial charge in [0.1, 0.15) is 5.82 Å². The summed E-state index contributed by atoms with van der Waals surface area (Å²) in [6, 6.07) is 4.07. The molecule has 1 aliphatic rings. The average Bonchev–Trinajstić information content (AvgIpc) is 2.37. The Morgan fingerprint density at radius 1 is 1.35 bits per heavy atom. The Kier molecular flexibility index (Phi) is 4.37. The predicted octanol–water partition coefficient (Wildman–Crippen LogP) is 2.60. The van der Waals surface area contributed by atoms with Gasteiger partial charge >= 0.3 is 0 Å². The van der Waals surface area contributed by atoms with Gasteiger partial charge in [0.05, 0.1) is 0 Å². The molecule has 1 aliphatic carbocycles. The van der Waals surface area contributed by atoms with E-state index in [0.29, 0.717) is 18.4 Å². The standard InChI is InChI=1S/C14H22N2O/c1-11-6-7-15-14(8-11)16-9-12-4-2-3-5-13(12)10-17/h6-8,12-13,17H,2-5,9-10H2,1H3,(H,15,16). The third-order valence-corrected chi connectivity index (χ3v) is 3.76. The highest BCUT2D eigenvalue weighted by Crippen LogP contribution is 2.29.